The quantitative estimate of drug-likeness (QED) is 0.943. The summed E-state index contributed by atoms with van der Waals surface area (Å²) in [4.78, 5) is 23.5. The highest BCUT2D eigenvalue weighted by atomic mass is 16.1. The van der Waals surface area contributed by atoms with Crippen LogP contribution in [0, 0.1) is 6.92 Å². The molecule has 1 aromatic heterocycles. The molecule has 0 radical (unpaired) electrons. The van der Waals surface area contributed by atoms with E-state index in [1.165, 1.54) is 19.3 Å². The minimum atomic E-state index is -0.0820. The first kappa shape index (κ1) is 15.5. The minimum absolute atomic E-state index is 0.0820. The van der Waals surface area contributed by atoms with Crippen LogP contribution in [0.2, 0.25) is 0 Å². The van der Waals surface area contributed by atoms with Crippen molar-refractivity contribution in [1.82, 2.24) is 15.3 Å². The van der Waals surface area contributed by atoms with Crippen LogP contribution in [0.25, 0.3) is 0 Å². The van der Waals surface area contributed by atoms with Crippen LogP contribution in [0.1, 0.15) is 41.0 Å². The maximum absolute atomic E-state index is 12.1. The molecule has 5 nitrogen and oxygen atoms in total. The number of aryl methyl sites for hydroxylation is 1. The maximum Gasteiger partial charge on any atom is 0.251 e. The number of hydrogen-bond acceptors (Lipinski definition) is 4. The van der Waals surface area contributed by atoms with Crippen molar-refractivity contribution in [1.29, 1.82) is 0 Å². The summed E-state index contributed by atoms with van der Waals surface area (Å²) in [6.45, 7) is 4.41. The van der Waals surface area contributed by atoms with E-state index in [0.29, 0.717) is 12.1 Å². The predicted octanol–water partition coefficient (Wildman–Crippen LogP) is 2.71. The van der Waals surface area contributed by atoms with Crippen LogP contribution < -0.4 is 10.2 Å². The van der Waals surface area contributed by atoms with E-state index in [1.54, 1.807) is 12.1 Å². The molecule has 1 saturated heterocycles. The van der Waals surface area contributed by atoms with Crippen molar-refractivity contribution in [2.45, 2.75) is 32.7 Å². The van der Waals surface area contributed by atoms with Crippen molar-refractivity contribution < 1.29 is 4.79 Å². The van der Waals surface area contributed by atoms with Crippen molar-refractivity contribution in [2.24, 2.45) is 0 Å². The molecule has 1 amide bonds. The molecule has 1 N–H and O–H groups in total. The van der Waals surface area contributed by atoms with Crippen LogP contribution in [-0.4, -0.2) is 29.0 Å². The van der Waals surface area contributed by atoms with Gasteiger partial charge in [0, 0.05) is 24.3 Å². The average Bonchev–Trinajstić information content (AvgIpc) is 2.61. The third-order valence-corrected chi connectivity index (χ3v) is 4.00. The number of carbonyl (C=O) groups excluding carboxylic acids is 1. The number of benzene rings is 1. The largest absolute Gasteiger partial charge is 0.346 e. The lowest BCUT2D eigenvalue weighted by Gasteiger charge is -2.27. The Morgan fingerprint density at radius 1 is 1.13 bits per heavy atom. The van der Waals surface area contributed by atoms with Gasteiger partial charge in [0.05, 0.1) is 12.2 Å². The molecule has 0 aliphatic carbocycles. The first-order chi connectivity index (χ1) is 11.2. The summed E-state index contributed by atoms with van der Waals surface area (Å²) in [5.74, 6) is 0.704. The van der Waals surface area contributed by atoms with Gasteiger partial charge in [0.15, 0.2) is 0 Å². The predicted molar refractivity (Wildman–Crippen MR) is 90.4 cm³/mol. The summed E-state index contributed by atoms with van der Waals surface area (Å²) >= 11 is 0. The van der Waals surface area contributed by atoms with Gasteiger partial charge in [0.2, 0.25) is 5.95 Å². The Kier molecular flexibility index (Phi) is 4.86. The molecule has 2 heterocycles. The van der Waals surface area contributed by atoms with Gasteiger partial charge in [-0.25, -0.2) is 9.97 Å². The Hall–Kier alpha value is -2.43. The normalized spacial score (nSPS) is 14.6. The summed E-state index contributed by atoms with van der Waals surface area (Å²) in [7, 11) is 0. The molecule has 0 atom stereocenters. The van der Waals surface area contributed by atoms with Crippen molar-refractivity contribution in [3.8, 4) is 0 Å². The Bertz CT molecular complexity index is 666. The topological polar surface area (TPSA) is 58.1 Å². The second-order valence-electron chi connectivity index (χ2n) is 5.90. The first-order valence-corrected chi connectivity index (χ1v) is 8.15. The molecule has 1 aromatic carbocycles. The molecule has 1 fully saturated rings. The van der Waals surface area contributed by atoms with Gasteiger partial charge in [-0.15, -0.1) is 0 Å². The Morgan fingerprint density at radius 2 is 1.87 bits per heavy atom. The van der Waals surface area contributed by atoms with Gasteiger partial charge < -0.3 is 10.2 Å². The van der Waals surface area contributed by atoms with Crippen molar-refractivity contribution in [3.63, 3.8) is 0 Å². The summed E-state index contributed by atoms with van der Waals surface area (Å²) < 4.78 is 0. The number of amides is 1. The number of nitrogens with one attached hydrogen (secondary N) is 1. The molecule has 120 valence electrons. The summed E-state index contributed by atoms with van der Waals surface area (Å²) in [6.07, 6.45) is 3.66. The number of nitrogens with zero attached hydrogens (tertiary/aromatic N) is 3. The van der Waals surface area contributed by atoms with Crippen LogP contribution >= 0.6 is 0 Å². The fourth-order valence-electron chi connectivity index (χ4n) is 2.81. The molecule has 5 heteroatoms. The van der Waals surface area contributed by atoms with Crippen molar-refractivity contribution in [3.05, 3.63) is 53.3 Å². The fourth-order valence-corrected chi connectivity index (χ4v) is 2.81. The number of hydrogen-bond donors (Lipinski definition) is 1. The summed E-state index contributed by atoms with van der Waals surface area (Å²) in [5.41, 5.74) is 2.45. The maximum atomic E-state index is 12.1. The molecule has 2 aromatic rings. The van der Waals surface area contributed by atoms with E-state index in [0.717, 1.165) is 30.4 Å². The van der Waals surface area contributed by atoms with Gasteiger partial charge in [-0.2, -0.15) is 0 Å². The standard InChI is InChI=1S/C18H22N4O/c1-14-12-16(13-19-17(23)15-8-4-2-5-9-15)21-18(20-14)22-10-6-3-7-11-22/h2,4-5,8-9,12H,3,6-7,10-11,13H2,1H3,(H,19,23). The van der Waals surface area contributed by atoms with Crippen molar-refractivity contribution in [2.75, 3.05) is 18.0 Å². The number of piperidine rings is 1. The van der Waals surface area contributed by atoms with Gasteiger partial charge in [-0.1, -0.05) is 18.2 Å². The van der Waals surface area contributed by atoms with E-state index in [-0.39, 0.29) is 5.91 Å². The number of anilines is 1. The van der Waals surface area contributed by atoms with E-state index in [4.69, 9.17) is 0 Å². The molecule has 0 bridgehead atoms. The van der Waals surface area contributed by atoms with Gasteiger partial charge in [-0.05, 0) is 44.4 Å². The second kappa shape index (κ2) is 7.22. The monoisotopic (exact) mass is 310 g/mol. The molecule has 0 saturated carbocycles. The number of aromatic nitrogens is 2. The SMILES string of the molecule is Cc1cc(CNC(=O)c2ccccc2)nc(N2CCCCC2)n1. The van der Waals surface area contributed by atoms with E-state index in [9.17, 15) is 4.79 Å². The minimum Gasteiger partial charge on any atom is -0.346 e. The van der Waals surface area contributed by atoms with Gasteiger partial charge in [0.1, 0.15) is 0 Å². The second-order valence-corrected chi connectivity index (χ2v) is 5.90. The lowest BCUT2D eigenvalue weighted by atomic mass is 10.1. The molecule has 1 aliphatic rings. The first-order valence-electron chi connectivity index (χ1n) is 8.15. The lowest BCUT2D eigenvalue weighted by molar-refractivity contribution is 0.0950. The molecule has 23 heavy (non-hydrogen) atoms. The van der Waals surface area contributed by atoms with Crippen LogP contribution in [0.15, 0.2) is 36.4 Å². The Labute approximate surface area is 136 Å². The molecule has 0 unspecified atom stereocenters. The third-order valence-electron chi connectivity index (χ3n) is 4.00. The third kappa shape index (κ3) is 4.06. The van der Waals surface area contributed by atoms with Crippen LogP contribution in [-0.2, 0) is 6.54 Å². The smallest absolute Gasteiger partial charge is 0.251 e. The zero-order chi connectivity index (χ0) is 16.1. The van der Waals surface area contributed by atoms with Crippen LogP contribution in [0.5, 0.6) is 0 Å². The van der Waals surface area contributed by atoms with Crippen LogP contribution in [0.3, 0.4) is 0 Å². The summed E-state index contributed by atoms with van der Waals surface area (Å²) in [6, 6.07) is 11.2. The Morgan fingerprint density at radius 3 is 2.61 bits per heavy atom. The highest BCUT2D eigenvalue weighted by Crippen LogP contribution is 2.16. The highest BCUT2D eigenvalue weighted by molar-refractivity contribution is 5.94. The van der Waals surface area contributed by atoms with Crippen LogP contribution in [0.4, 0.5) is 5.95 Å². The molecular formula is C18H22N4O. The van der Waals surface area contributed by atoms with E-state index in [1.807, 2.05) is 31.2 Å². The van der Waals surface area contributed by atoms with E-state index < -0.39 is 0 Å². The van der Waals surface area contributed by atoms with Gasteiger partial charge in [-0.3, -0.25) is 4.79 Å². The van der Waals surface area contributed by atoms with E-state index >= 15 is 0 Å². The number of rotatable bonds is 4. The fraction of sp³-hybridized carbons (Fsp3) is 0.389. The molecular weight excluding hydrogens is 288 g/mol. The zero-order valence-electron chi connectivity index (χ0n) is 13.5. The lowest BCUT2D eigenvalue weighted by Crippen LogP contribution is -2.31. The average molecular weight is 310 g/mol. The molecule has 0 spiro atoms. The number of carbonyl (C=O) groups is 1. The highest BCUT2D eigenvalue weighted by Gasteiger charge is 2.15. The molecule has 3 rings (SSSR count). The van der Waals surface area contributed by atoms with Gasteiger partial charge >= 0.3 is 0 Å². The van der Waals surface area contributed by atoms with E-state index in [2.05, 4.69) is 20.2 Å². The molecule has 1 aliphatic heterocycles. The van der Waals surface area contributed by atoms with Crippen molar-refractivity contribution >= 4 is 11.9 Å². The zero-order valence-corrected chi connectivity index (χ0v) is 13.5. The van der Waals surface area contributed by atoms with Gasteiger partial charge in [0.25, 0.3) is 5.91 Å². The summed E-state index contributed by atoms with van der Waals surface area (Å²) in [5, 5.41) is 2.92. The Balaban J connectivity index is 1.68.